The van der Waals surface area contributed by atoms with E-state index in [1.54, 1.807) is 0 Å². The molecule has 2 nitrogen and oxygen atoms in total. The predicted octanol–water partition coefficient (Wildman–Crippen LogP) is 13.3. The smallest absolute Gasteiger partial charge is 0.184 e. The van der Waals surface area contributed by atoms with E-state index in [-0.39, 0.29) is 0 Å². The van der Waals surface area contributed by atoms with Gasteiger partial charge in [0.05, 0.1) is 16.8 Å². The number of nitrogens with zero attached hydrogens (tertiary/aromatic N) is 2. The van der Waals surface area contributed by atoms with Crippen LogP contribution in [0.25, 0.3) is 11.1 Å². The normalized spacial score (nSPS) is 14.1. The van der Waals surface area contributed by atoms with E-state index in [0.29, 0.717) is 0 Å². The Morgan fingerprint density at radius 1 is 0.303 bits per heavy atom. The lowest BCUT2D eigenvalue weighted by atomic mass is 9.62. The van der Waals surface area contributed by atoms with Gasteiger partial charge in [-0.25, -0.2) is 0 Å². The second kappa shape index (κ2) is 15.9. The van der Waals surface area contributed by atoms with Crippen molar-refractivity contribution in [3.8, 4) is 11.1 Å². The molecule has 0 aromatic heterocycles. The number of hydrogen-bond acceptors (Lipinski definition) is 2. The molecule has 3 heteroatoms. The summed E-state index contributed by atoms with van der Waals surface area (Å²) in [4.78, 5) is 5.05. The Balaban J connectivity index is 1.04. The van der Waals surface area contributed by atoms with Gasteiger partial charge in [-0.2, -0.15) is 0 Å². The standard InChI is InChI=1S/C63H48N2Si/c1-45-39-41-47(43-59(45)64-55-33-17-15-31-53(55)63(49-23-7-3-8-24-49,50-25-9-4-10-26-50)54-32-16-18-34-56(54)64)48-42-40-46(2)60(44-48)65-57-35-19-21-37-61(57)66(51-27-11-5-12-28-51,52-29-13-6-14-30-52)62-38-22-20-36-58(62)65/h3-44H,1-2H3. The minimum Gasteiger partial charge on any atom is -0.310 e. The van der Waals surface area contributed by atoms with Crippen LogP contribution in [-0.4, -0.2) is 8.07 Å². The summed E-state index contributed by atoms with van der Waals surface area (Å²) in [6, 6.07) is 95.1. The first kappa shape index (κ1) is 39.6. The van der Waals surface area contributed by atoms with Gasteiger partial charge in [0.25, 0.3) is 0 Å². The molecule has 0 saturated carbocycles. The van der Waals surface area contributed by atoms with Gasteiger partial charge in [-0.1, -0.05) is 218 Å². The van der Waals surface area contributed by atoms with Gasteiger partial charge in [-0.3, -0.25) is 0 Å². The molecule has 0 saturated heterocycles. The molecule has 0 radical (unpaired) electrons. The van der Waals surface area contributed by atoms with Crippen molar-refractivity contribution in [3.63, 3.8) is 0 Å². The lowest BCUT2D eigenvalue weighted by Crippen LogP contribution is -2.77. The van der Waals surface area contributed by atoms with Gasteiger partial charge in [-0.05, 0) is 116 Å². The molecule has 0 unspecified atom stereocenters. The lowest BCUT2D eigenvalue weighted by Gasteiger charge is -2.46. The molecule has 2 aliphatic rings. The molecule has 0 aliphatic carbocycles. The summed E-state index contributed by atoms with van der Waals surface area (Å²) in [5.41, 5.74) is 16.5. The predicted molar refractivity (Wildman–Crippen MR) is 280 cm³/mol. The van der Waals surface area contributed by atoms with Gasteiger partial charge in [0.15, 0.2) is 8.07 Å². The zero-order valence-corrected chi connectivity index (χ0v) is 38.1. The van der Waals surface area contributed by atoms with Gasteiger partial charge in [0.1, 0.15) is 0 Å². The molecule has 314 valence electrons. The second-order valence-electron chi connectivity index (χ2n) is 17.7. The van der Waals surface area contributed by atoms with Crippen LogP contribution in [0.15, 0.2) is 255 Å². The average Bonchev–Trinajstić information content (AvgIpc) is 3.39. The summed E-state index contributed by atoms with van der Waals surface area (Å²) in [6.45, 7) is 4.50. The first-order valence-corrected chi connectivity index (χ1v) is 25.0. The third-order valence-corrected chi connectivity index (χ3v) is 19.1. The van der Waals surface area contributed by atoms with Crippen molar-refractivity contribution in [2.75, 3.05) is 9.80 Å². The number of rotatable bonds is 7. The molecule has 0 atom stereocenters. The van der Waals surface area contributed by atoms with Crippen LogP contribution in [0, 0.1) is 13.8 Å². The molecule has 0 spiro atoms. The Morgan fingerprint density at radius 3 is 1.06 bits per heavy atom. The van der Waals surface area contributed by atoms with Crippen LogP contribution in [0.5, 0.6) is 0 Å². The SMILES string of the molecule is Cc1ccc(-c2ccc(C)c(N3c4ccccc4[Si](c4ccccc4)(c4ccccc4)c4ccccc43)c2)cc1N1c2ccccc2C(c2ccccc2)(c2ccccc2)c2ccccc21. The van der Waals surface area contributed by atoms with Gasteiger partial charge in [0, 0.05) is 22.7 Å². The quantitative estimate of drug-likeness (QED) is 0.147. The Bertz CT molecular complexity index is 2990. The molecule has 10 aromatic carbocycles. The third kappa shape index (κ3) is 5.87. The van der Waals surface area contributed by atoms with Crippen LogP contribution in [0.4, 0.5) is 34.1 Å². The number of hydrogen-bond donors (Lipinski definition) is 0. The highest BCUT2D eigenvalue weighted by Gasteiger charge is 2.49. The first-order chi connectivity index (χ1) is 32.6. The summed E-state index contributed by atoms with van der Waals surface area (Å²) in [7, 11) is -2.74. The van der Waals surface area contributed by atoms with E-state index >= 15 is 0 Å². The molecule has 10 aromatic rings. The summed E-state index contributed by atoms with van der Waals surface area (Å²) >= 11 is 0. The van der Waals surface area contributed by atoms with Gasteiger partial charge >= 0.3 is 0 Å². The second-order valence-corrected chi connectivity index (χ2v) is 21.4. The molecule has 0 bridgehead atoms. The Hall–Kier alpha value is -7.98. The molecule has 12 rings (SSSR count). The fourth-order valence-electron chi connectivity index (χ4n) is 11.4. The van der Waals surface area contributed by atoms with E-state index in [9.17, 15) is 0 Å². The highest BCUT2D eigenvalue weighted by atomic mass is 28.3. The zero-order valence-electron chi connectivity index (χ0n) is 37.1. The minimum atomic E-state index is -2.74. The molecule has 2 aliphatic heterocycles. The Labute approximate surface area is 389 Å². The maximum absolute atomic E-state index is 2.74. The summed E-state index contributed by atoms with van der Waals surface area (Å²) in [5.74, 6) is 0. The number of aryl methyl sites for hydroxylation is 2. The molecular weight excluding hydrogens is 813 g/mol. The summed E-state index contributed by atoms with van der Waals surface area (Å²) in [5, 5.41) is 5.57. The van der Waals surface area contributed by atoms with Crippen molar-refractivity contribution in [1.29, 1.82) is 0 Å². The van der Waals surface area contributed by atoms with Crippen molar-refractivity contribution in [3.05, 3.63) is 288 Å². The number of para-hydroxylation sites is 4. The molecule has 0 amide bonds. The van der Waals surface area contributed by atoms with Crippen molar-refractivity contribution in [2.24, 2.45) is 0 Å². The third-order valence-electron chi connectivity index (χ3n) is 14.3. The molecule has 0 N–H and O–H groups in total. The van der Waals surface area contributed by atoms with Crippen LogP contribution < -0.4 is 30.5 Å². The van der Waals surface area contributed by atoms with Gasteiger partial charge < -0.3 is 9.80 Å². The average molecular weight is 861 g/mol. The van der Waals surface area contributed by atoms with E-state index < -0.39 is 13.5 Å². The number of anilines is 6. The van der Waals surface area contributed by atoms with Crippen LogP contribution in [0.2, 0.25) is 0 Å². The highest BCUT2D eigenvalue weighted by Crippen LogP contribution is 2.58. The minimum absolute atomic E-state index is 0.522. The first-order valence-electron chi connectivity index (χ1n) is 23.0. The largest absolute Gasteiger partial charge is 0.310 e. The van der Waals surface area contributed by atoms with E-state index in [1.165, 1.54) is 99.4 Å². The van der Waals surface area contributed by atoms with Crippen LogP contribution in [0.1, 0.15) is 33.4 Å². The van der Waals surface area contributed by atoms with Crippen LogP contribution in [-0.2, 0) is 5.41 Å². The molecule has 66 heavy (non-hydrogen) atoms. The van der Waals surface area contributed by atoms with E-state index in [0.717, 1.165) is 0 Å². The summed E-state index contributed by atoms with van der Waals surface area (Å²) < 4.78 is 0. The van der Waals surface area contributed by atoms with Crippen molar-refractivity contribution < 1.29 is 0 Å². The molecular formula is C63H48N2Si. The molecule has 2 heterocycles. The summed E-state index contributed by atoms with van der Waals surface area (Å²) in [6.07, 6.45) is 0. The maximum Gasteiger partial charge on any atom is 0.184 e. The van der Waals surface area contributed by atoms with Crippen molar-refractivity contribution in [1.82, 2.24) is 0 Å². The van der Waals surface area contributed by atoms with Crippen LogP contribution >= 0.6 is 0 Å². The van der Waals surface area contributed by atoms with Gasteiger partial charge in [0.2, 0.25) is 0 Å². The van der Waals surface area contributed by atoms with E-state index in [4.69, 9.17) is 0 Å². The number of benzene rings is 10. The van der Waals surface area contributed by atoms with Crippen molar-refractivity contribution >= 4 is 62.9 Å². The molecule has 0 fully saturated rings. The fourth-order valence-corrected chi connectivity index (χ4v) is 16.5. The lowest BCUT2D eigenvalue weighted by molar-refractivity contribution is 0.731. The van der Waals surface area contributed by atoms with Crippen molar-refractivity contribution in [2.45, 2.75) is 19.3 Å². The van der Waals surface area contributed by atoms with Crippen LogP contribution in [0.3, 0.4) is 0 Å². The monoisotopic (exact) mass is 860 g/mol. The zero-order chi connectivity index (χ0) is 44.2. The Kier molecular flexibility index (Phi) is 9.55. The highest BCUT2D eigenvalue weighted by molar-refractivity contribution is 7.21. The fraction of sp³-hybridized carbons (Fsp3) is 0.0476. The Morgan fingerprint density at radius 2 is 0.636 bits per heavy atom. The van der Waals surface area contributed by atoms with Gasteiger partial charge in [-0.15, -0.1) is 0 Å². The maximum atomic E-state index is 2.54. The topological polar surface area (TPSA) is 6.48 Å². The van der Waals surface area contributed by atoms with E-state index in [1.807, 2.05) is 0 Å². The van der Waals surface area contributed by atoms with E-state index in [2.05, 4.69) is 278 Å². The number of fused-ring (bicyclic) bond motifs is 4.